The van der Waals surface area contributed by atoms with E-state index in [4.69, 9.17) is 5.73 Å². The van der Waals surface area contributed by atoms with Crippen LogP contribution < -0.4 is 62.2 Å². The molecule has 0 aliphatic heterocycles. The Balaban J connectivity index is 0.00000144. The molecule has 1 aromatic heterocycles. The number of carbonyl (C=O) groups excluding carboxylic acids is 1. The van der Waals surface area contributed by atoms with E-state index in [0.717, 1.165) is 11.3 Å². The van der Waals surface area contributed by atoms with Crippen LogP contribution in [0.25, 0.3) is 0 Å². The van der Waals surface area contributed by atoms with Gasteiger partial charge < -0.3 is 20.2 Å². The first-order valence-corrected chi connectivity index (χ1v) is 3.59. The van der Waals surface area contributed by atoms with Gasteiger partial charge >= 0.3 is 51.4 Å². The predicted molar refractivity (Wildman–Crippen MR) is 43.6 cm³/mol. The van der Waals surface area contributed by atoms with E-state index in [1.807, 2.05) is 6.92 Å². The Morgan fingerprint density at radius 1 is 1.46 bits per heavy atom. The third-order valence-electron chi connectivity index (χ3n) is 2.23. The van der Waals surface area contributed by atoms with Crippen LogP contribution in [0.4, 0.5) is 5.69 Å². The van der Waals surface area contributed by atoms with E-state index in [9.17, 15) is 9.90 Å². The van der Waals surface area contributed by atoms with Gasteiger partial charge in [-0.2, -0.15) is 0 Å². The third kappa shape index (κ3) is 2.16. The van der Waals surface area contributed by atoms with Crippen molar-refractivity contribution in [1.29, 1.82) is 0 Å². The minimum absolute atomic E-state index is 0. The van der Waals surface area contributed by atoms with E-state index in [1.54, 1.807) is 14.0 Å². The number of rotatable bonds is 1. The van der Waals surface area contributed by atoms with Gasteiger partial charge in [-0.25, -0.2) is 0 Å². The van der Waals surface area contributed by atoms with Crippen LogP contribution in [0.3, 0.4) is 0 Å². The topological polar surface area (TPSA) is 71.1 Å². The van der Waals surface area contributed by atoms with Crippen molar-refractivity contribution in [3.05, 3.63) is 17.0 Å². The van der Waals surface area contributed by atoms with E-state index in [-0.39, 0.29) is 57.1 Å². The van der Waals surface area contributed by atoms with Crippen LogP contribution in [0.15, 0.2) is 0 Å². The third-order valence-corrected chi connectivity index (χ3v) is 2.23. The van der Waals surface area contributed by atoms with Crippen LogP contribution in [-0.2, 0) is 7.05 Å². The van der Waals surface area contributed by atoms with Gasteiger partial charge in [-0.15, -0.1) is 0 Å². The number of carboxylic acid groups (broad SMARTS) is 1. The van der Waals surface area contributed by atoms with Crippen LogP contribution in [0.1, 0.15) is 21.7 Å². The molecular weight excluding hydrogens is 195 g/mol. The molecule has 0 spiro atoms. The molecule has 66 valence electrons. The van der Waals surface area contributed by atoms with Crippen LogP contribution in [-0.4, -0.2) is 10.5 Å². The zero-order valence-electron chi connectivity index (χ0n) is 8.34. The maximum Gasteiger partial charge on any atom is 1.00 e. The first-order valence-electron chi connectivity index (χ1n) is 3.59. The number of carboxylic acids is 1. The molecule has 0 aliphatic carbocycles. The number of aromatic nitrogens is 1. The number of nitrogens with zero attached hydrogens (tertiary/aromatic N) is 1. The minimum atomic E-state index is -1.23. The summed E-state index contributed by atoms with van der Waals surface area (Å²) in [5.74, 6) is -1.23. The van der Waals surface area contributed by atoms with Gasteiger partial charge in [0.15, 0.2) is 0 Å². The summed E-state index contributed by atoms with van der Waals surface area (Å²) in [6, 6.07) is 0. The van der Waals surface area contributed by atoms with Gasteiger partial charge in [0.1, 0.15) is 0 Å². The van der Waals surface area contributed by atoms with Crippen LogP contribution in [0.2, 0.25) is 0 Å². The number of anilines is 1. The Kier molecular flexibility index (Phi) is 4.68. The number of hydrogen-bond donors (Lipinski definition) is 1. The van der Waals surface area contributed by atoms with Gasteiger partial charge in [0.2, 0.25) is 0 Å². The Bertz CT molecular complexity index is 319. The molecule has 0 unspecified atom stereocenters. The molecule has 0 atom stereocenters. The molecule has 0 saturated carbocycles. The van der Waals surface area contributed by atoms with Crippen molar-refractivity contribution in [1.82, 2.24) is 4.57 Å². The Morgan fingerprint density at radius 3 is 2.08 bits per heavy atom. The summed E-state index contributed by atoms with van der Waals surface area (Å²) >= 11 is 0. The average molecular weight is 206 g/mol. The van der Waals surface area contributed by atoms with Gasteiger partial charge in [-0.05, 0) is 19.4 Å². The van der Waals surface area contributed by atoms with Crippen LogP contribution in [0.5, 0.6) is 0 Å². The summed E-state index contributed by atoms with van der Waals surface area (Å²) in [4.78, 5) is 10.6. The molecule has 13 heavy (non-hydrogen) atoms. The molecule has 2 N–H and O–H groups in total. The number of carbonyl (C=O) groups is 1. The summed E-state index contributed by atoms with van der Waals surface area (Å²) < 4.78 is 1.53. The van der Waals surface area contributed by atoms with Crippen molar-refractivity contribution >= 4 is 11.7 Å². The van der Waals surface area contributed by atoms with Crippen LogP contribution >= 0.6 is 0 Å². The molecule has 5 heteroatoms. The fourth-order valence-corrected chi connectivity index (χ4v) is 1.22. The normalized spacial score (nSPS) is 9.46. The largest absolute Gasteiger partial charge is 1.00 e. The summed E-state index contributed by atoms with van der Waals surface area (Å²) in [5.41, 5.74) is 7.58. The minimum Gasteiger partial charge on any atom is -0.543 e. The predicted octanol–water partition coefficient (Wildman–Crippen LogP) is -3.41. The summed E-state index contributed by atoms with van der Waals surface area (Å²) in [6.45, 7) is 3.61. The smallest absolute Gasteiger partial charge is 0.543 e. The van der Waals surface area contributed by atoms with Gasteiger partial charge in [0.05, 0.1) is 17.4 Å². The van der Waals surface area contributed by atoms with Crippen molar-refractivity contribution in [2.75, 3.05) is 5.73 Å². The molecule has 4 nitrogen and oxygen atoms in total. The summed E-state index contributed by atoms with van der Waals surface area (Å²) in [7, 11) is 1.66. The molecule has 0 radical (unpaired) electrons. The fourth-order valence-electron chi connectivity index (χ4n) is 1.22. The molecule has 0 amide bonds. The molecule has 1 aromatic rings. The second-order valence-electron chi connectivity index (χ2n) is 2.82. The van der Waals surface area contributed by atoms with Crippen molar-refractivity contribution in [3.8, 4) is 0 Å². The van der Waals surface area contributed by atoms with E-state index < -0.39 is 5.97 Å². The Labute approximate surface area is 120 Å². The quantitative estimate of drug-likeness (QED) is 0.487. The molecule has 0 aliphatic rings. The number of hydrogen-bond acceptors (Lipinski definition) is 3. The second kappa shape index (κ2) is 4.61. The Morgan fingerprint density at radius 2 is 1.92 bits per heavy atom. The molecule has 0 fully saturated rings. The Hall–Kier alpha value is 0.186. The van der Waals surface area contributed by atoms with Crippen molar-refractivity contribution in [2.24, 2.45) is 7.05 Å². The van der Waals surface area contributed by atoms with Crippen molar-refractivity contribution < 1.29 is 61.3 Å². The number of nitrogen functional groups attached to an aromatic ring is 1. The molecular formula is C8H11KN2O2. The molecule has 1 rings (SSSR count). The maximum atomic E-state index is 10.6. The fraction of sp³-hybridized carbons (Fsp3) is 0.375. The van der Waals surface area contributed by atoms with Crippen molar-refractivity contribution in [2.45, 2.75) is 13.8 Å². The maximum absolute atomic E-state index is 10.6. The summed E-state index contributed by atoms with van der Waals surface area (Å²) in [5, 5.41) is 10.6. The zero-order valence-corrected chi connectivity index (χ0v) is 11.5. The van der Waals surface area contributed by atoms with E-state index in [2.05, 4.69) is 0 Å². The second-order valence-corrected chi connectivity index (χ2v) is 2.82. The number of nitrogens with two attached hydrogens (primary N) is 1. The number of aromatic carboxylic acids is 1. The van der Waals surface area contributed by atoms with Crippen LogP contribution in [0, 0.1) is 13.8 Å². The van der Waals surface area contributed by atoms with E-state index in [1.165, 1.54) is 4.57 Å². The van der Waals surface area contributed by atoms with Crippen molar-refractivity contribution in [3.63, 3.8) is 0 Å². The zero-order chi connectivity index (χ0) is 9.46. The van der Waals surface area contributed by atoms with Gasteiger partial charge in [0, 0.05) is 12.7 Å². The van der Waals surface area contributed by atoms with Gasteiger partial charge in [-0.3, -0.25) is 0 Å². The summed E-state index contributed by atoms with van der Waals surface area (Å²) in [6.07, 6.45) is 0. The molecule has 0 saturated heterocycles. The molecule has 1 heterocycles. The average Bonchev–Trinajstić information content (AvgIpc) is 2.16. The monoisotopic (exact) mass is 206 g/mol. The van der Waals surface area contributed by atoms with Gasteiger partial charge in [0.25, 0.3) is 0 Å². The molecule has 0 aromatic carbocycles. The molecule has 0 bridgehead atoms. The first kappa shape index (κ1) is 13.2. The first-order chi connectivity index (χ1) is 5.46. The standard InChI is InChI=1S/C8H12N2O2.K/c1-4-5(2)10(3)7(6(4)9)8(11)12;/h9H2,1-3H3,(H,11,12);/q;+1/p-1. The van der Waals surface area contributed by atoms with E-state index in [0.29, 0.717) is 5.69 Å². The van der Waals surface area contributed by atoms with Gasteiger partial charge in [-0.1, -0.05) is 0 Å². The van der Waals surface area contributed by atoms with E-state index >= 15 is 0 Å². The SMILES string of the molecule is Cc1c(N)c(C(=O)[O-])n(C)c1C.[K+].